The molecule has 0 unspecified atom stereocenters. The first-order valence-corrected chi connectivity index (χ1v) is 37.1. The minimum absolute atomic E-state index is 1.02. The summed E-state index contributed by atoms with van der Waals surface area (Å²) in [6.45, 7) is 14.0. The molecule has 54 heavy (non-hydrogen) atoms. The van der Waals surface area contributed by atoms with E-state index in [0.717, 1.165) is 0 Å². The number of hydrogen-bond donors (Lipinski definition) is 0. The van der Waals surface area contributed by atoms with Crippen LogP contribution in [0.5, 0.6) is 0 Å². The topological polar surface area (TPSA) is 63.2 Å². The third kappa shape index (κ3) is 59.6. The van der Waals surface area contributed by atoms with Crippen LogP contribution in [-0.4, -0.2) is 45.7 Å². The predicted octanol–water partition coefficient (Wildman–Crippen LogP) is 16.7. The molecule has 0 N–H and O–H groups in total. The Hall–Kier alpha value is 0.867. The molecular weight excluding hydrogens is 874 g/mol. The van der Waals surface area contributed by atoms with E-state index < -0.39 is 45.7 Å². The summed E-state index contributed by atoms with van der Waals surface area (Å²) >= 11 is -2.03. The van der Waals surface area contributed by atoms with E-state index in [9.17, 15) is 0 Å². The fraction of sp³-hybridized carbons (Fsp3) is 0.980. The van der Waals surface area contributed by atoms with E-state index in [2.05, 4.69) is 41.5 Å². The Morgan fingerprint density at radius 2 is 0.370 bits per heavy atom. The molecule has 0 aliphatic heterocycles. The van der Waals surface area contributed by atoms with Crippen molar-refractivity contribution in [2.45, 2.75) is 299 Å². The van der Waals surface area contributed by atoms with Gasteiger partial charge in [0.05, 0.1) is 0 Å². The molecule has 0 radical (unpaired) electrons. The molecule has 0 aromatic heterocycles. The van der Waals surface area contributed by atoms with Gasteiger partial charge >= 0.3 is 339 Å². The second kappa shape index (κ2) is 56.0. The van der Waals surface area contributed by atoms with E-state index in [1.165, 1.54) is 193 Å². The van der Waals surface area contributed by atoms with Gasteiger partial charge in [0.25, 0.3) is 0 Å². The summed E-state index contributed by atoms with van der Waals surface area (Å²) in [7, 11) is 0. The quantitative estimate of drug-likeness (QED) is 0.0452. The van der Waals surface area contributed by atoms with Crippen LogP contribution in [0.25, 0.3) is 0 Å². The maximum Gasteiger partial charge on any atom is -0.0431 e. The van der Waals surface area contributed by atoms with E-state index in [4.69, 9.17) is 15.0 Å². The first-order valence-electron chi connectivity index (χ1n) is 25.0. The minimum Gasteiger partial charge on any atom is -0.652 e. The summed E-state index contributed by atoms with van der Waals surface area (Å²) in [6, 6.07) is 0. The van der Waals surface area contributed by atoms with Crippen LogP contribution in [0.4, 0.5) is 4.79 Å². The van der Waals surface area contributed by atoms with Gasteiger partial charge in [0.1, 0.15) is 0 Å². The molecule has 0 aromatic carbocycles. The van der Waals surface area contributed by atoms with Crippen molar-refractivity contribution in [3.05, 3.63) is 0 Å². The molecule has 0 aliphatic rings. The van der Waals surface area contributed by atoms with Crippen molar-refractivity contribution in [1.29, 1.82) is 0 Å². The SMILES string of the molecule is CCCCCCC[CH2][Sn+]([CH2]CCCCCCC)[CH2]CCCCCCC.CCCCCCC[CH2][Sn+]([CH2]CCCCCCC)[CH2]CCCCCCC.O=C([O-])[O-]. The predicted molar refractivity (Wildman–Crippen MR) is 246 cm³/mol. The van der Waals surface area contributed by atoms with Crippen LogP contribution in [0, 0.1) is 0 Å². The Morgan fingerprint density at radius 3 is 0.500 bits per heavy atom. The molecule has 0 saturated carbocycles. The zero-order valence-electron chi connectivity index (χ0n) is 38.4. The molecule has 0 aliphatic carbocycles. The monoisotopic (exact) mass is 979 g/mol. The van der Waals surface area contributed by atoms with Gasteiger partial charge in [0.2, 0.25) is 0 Å². The average Bonchev–Trinajstić information content (AvgIpc) is 3.16. The maximum absolute atomic E-state index is 8.33. The molecule has 0 bridgehead atoms. The van der Waals surface area contributed by atoms with Crippen molar-refractivity contribution in [2.24, 2.45) is 0 Å². The van der Waals surface area contributed by atoms with Crippen LogP contribution in [0.3, 0.4) is 0 Å². The largest absolute Gasteiger partial charge is 0.652 e. The van der Waals surface area contributed by atoms with Gasteiger partial charge in [-0.2, -0.15) is 0 Å². The Morgan fingerprint density at radius 1 is 0.259 bits per heavy atom. The molecule has 0 atom stereocenters. The normalized spacial score (nSPS) is 10.8. The van der Waals surface area contributed by atoms with Crippen molar-refractivity contribution < 1.29 is 15.0 Å². The van der Waals surface area contributed by atoms with Crippen LogP contribution in [-0.2, 0) is 0 Å². The Balaban J connectivity index is -0.000000875. The summed E-state index contributed by atoms with van der Waals surface area (Å²) in [6.07, 6.45) is 51.5. The van der Waals surface area contributed by atoms with E-state index in [1.54, 1.807) is 65.1 Å². The third-order valence-electron chi connectivity index (χ3n) is 11.3. The van der Waals surface area contributed by atoms with Gasteiger partial charge in [-0.15, -0.1) is 0 Å². The van der Waals surface area contributed by atoms with Gasteiger partial charge in [0.15, 0.2) is 0 Å². The van der Waals surface area contributed by atoms with Gasteiger partial charge in [-0.05, 0) is 6.16 Å². The summed E-state index contributed by atoms with van der Waals surface area (Å²) in [5, 5.41) is 16.7. The van der Waals surface area contributed by atoms with Gasteiger partial charge in [-0.25, -0.2) is 0 Å². The van der Waals surface area contributed by atoms with Crippen molar-refractivity contribution in [3.8, 4) is 0 Å². The van der Waals surface area contributed by atoms with Gasteiger partial charge in [0, 0.05) is 0 Å². The molecule has 0 saturated heterocycles. The molecule has 0 amide bonds. The zero-order valence-corrected chi connectivity index (χ0v) is 44.1. The number of hydrogen-bond acceptors (Lipinski definition) is 3. The minimum atomic E-state index is -2.33. The Labute approximate surface area is 357 Å². The molecule has 0 heterocycles. The molecular formula is C49H102O3Sn2. The van der Waals surface area contributed by atoms with Crippen molar-refractivity contribution in [3.63, 3.8) is 0 Å². The van der Waals surface area contributed by atoms with Crippen molar-refractivity contribution in [2.75, 3.05) is 0 Å². The summed E-state index contributed by atoms with van der Waals surface area (Å²) in [5.41, 5.74) is 0. The van der Waals surface area contributed by atoms with E-state index in [1.807, 2.05) is 0 Å². The number of carboxylic acid groups (broad SMARTS) is 2. The molecule has 0 spiro atoms. The molecule has 3 nitrogen and oxygen atoms in total. The van der Waals surface area contributed by atoms with Crippen LogP contribution in [0.1, 0.15) is 273 Å². The van der Waals surface area contributed by atoms with E-state index in [0.29, 0.717) is 0 Å². The number of carbonyl (C=O) groups is 1. The molecule has 0 aromatic rings. The zero-order chi connectivity index (χ0) is 40.4. The summed E-state index contributed by atoms with van der Waals surface area (Å²) in [5.74, 6) is 0. The number of rotatable bonds is 42. The van der Waals surface area contributed by atoms with Crippen molar-refractivity contribution in [1.82, 2.24) is 0 Å². The van der Waals surface area contributed by atoms with Crippen LogP contribution in [0.2, 0.25) is 26.6 Å². The fourth-order valence-electron chi connectivity index (χ4n) is 7.68. The summed E-state index contributed by atoms with van der Waals surface area (Å²) < 4.78 is 10.3. The van der Waals surface area contributed by atoms with Crippen molar-refractivity contribution >= 4 is 45.7 Å². The molecule has 0 fully saturated rings. The van der Waals surface area contributed by atoms with E-state index in [-0.39, 0.29) is 0 Å². The summed E-state index contributed by atoms with van der Waals surface area (Å²) in [4.78, 5) is 8.33. The molecule has 5 heteroatoms. The second-order valence-corrected chi connectivity index (χ2v) is 34.0. The third-order valence-corrected chi connectivity index (χ3v) is 29.5. The second-order valence-electron chi connectivity index (χ2n) is 16.9. The van der Waals surface area contributed by atoms with Crippen LogP contribution < -0.4 is 10.2 Å². The Bertz CT molecular complexity index is 518. The van der Waals surface area contributed by atoms with Gasteiger partial charge in [-0.3, -0.25) is 0 Å². The number of unbranched alkanes of at least 4 members (excludes halogenated alkanes) is 30. The smallest absolute Gasteiger partial charge is 0.0431 e. The average molecular weight is 977 g/mol. The van der Waals surface area contributed by atoms with Gasteiger partial charge in [-0.1, -0.05) is 0 Å². The molecule has 324 valence electrons. The van der Waals surface area contributed by atoms with Crippen LogP contribution >= 0.6 is 0 Å². The van der Waals surface area contributed by atoms with Gasteiger partial charge < -0.3 is 15.0 Å². The number of carbonyl (C=O) groups excluding carboxylic acids is 1. The Kier molecular flexibility index (Phi) is 61.3. The standard InChI is InChI=1S/6C8H17.CH2O3.2Sn/c6*1-3-5-7-8-6-4-2;2-1(3)4;;/h6*1,3-8H2,2H3;(H2,2,3,4);;/q;;;;;;;2*+1/p-2. The van der Waals surface area contributed by atoms with E-state index >= 15 is 0 Å². The molecule has 0 rings (SSSR count). The fourth-order valence-corrected chi connectivity index (χ4v) is 24.8. The first kappa shape index (κ1) is 59.2. The first-order chi connectivity index (χ1) is 26.4. The maximum atomic E-state index is 8.33. The van der Waals surface area contributed by atoms with Crippen LogP contribution in [0.15, 0.2) is 0 Å².